The molecule has 1 aromatic rings. The lowest BCUT2D eigenvalue weighted by Crippen LogP contribution is -2.33. The van der Waals surface area contributed by atoms with Crippen LogP contribution in [0.3, 0.4) is 0 Å². The number of nitrogens with zero attached hydrogens (tertiary/aromatic N) is 1. The molecule has 1 heterocycles. The molecule has 102 valence electrons. The molecule has 19 heavy (non-hydrogen) atoms. The SMILES string of the molecule is COc1ncccc1C(=O)NC1CCC(C(=O)O)C1. The van der Waals surface area contributed by atoms with Crippen LogP contribution in [-0.4, -0.2) is 35.1 Å². The summed E-state index contributed by atoms with van der Waals surface area (Å²) in [6.07, 6.45) is 3.31. The maximum atomic E-state index is 12.1. The smallest absolute Gasteiger partial charge is 0.306 e. The molecule has 0 bridgehead atoms. The maximum Gasteiger partial charge on any atom is 0.306 e. The number of carboxylic acid groups (broad SMARTS) is 1. The summed E-state index contributed by atoms with van der Waals surface area (Å²) in [6.45, 7) is 0. The average molecular weight is 264 g/mol. The number of hydrogen-bond donors (Lipinski definition) is 2. The van der Waals surface area contributed by atoms with Gasteiger partial charge in [-0.05, 0) is 31.4 Å². The molecule has 1 saturated carbocycles. The Kier molecular flexibility index (Phi) is 3.99. The molecule has 1 aliphatic carbocycles. The van der Waals surface area contributed by atoms with Gasteiger partial charge in [-0.1, -0.05) is 0 Å². The summed E-state index contributed by atoms with van der Waals surface area (Å²) in [6, 6.07) is 3.19. The van der Waals surface area contributed by atoms with Gasteiger partial charge < -0.3 is 15.2 Å². The van der Waals surface area contributed by atoms with Crippen LogP contribution < -0.4 is 10.1 Å². The van der Waals surface area contributed by atoms with Gasteiger partial charge in [-0.15, -0.1) is 0 Å². The molecule has 2 atom stereocenters. The van der Waals surface area contributed by atoms with Crippen molar-refractivity contribution in [2.75, 3.05) is 7.11 Å². The molecule has 0 aromatic carbocycles. The highest BCUT2D eigenvalue weighted by Crippen LogP contribution is 2.26. The summed E-state index contributed by atoms with van der Waals surface area (Å²) in [5.41, 5.74) is 0.365. The summed E-state index contributed by atoms with van der Waals surface area (Å²) in [5, 5.41) is 11.8. The molecule has 0 spiro atoms. The molecular weight excluding hydrogens is 248 g/mol. The highest BCUT2D eigenvalue weighted by atomic mass is 16.5. The van der Waals surface area contributed by atoms with Crippen LogP contribution in [0.25, 0.3) is 0 Å². The Morgan fingerprint density at radius 1 is 1.47 bits per heavy atom. The quantitative estimate of drug-likeness (QED) is 0.849. The minimum atomic E-state index is -0.796. The predicted molar refractivity (Wildman–Crippen MR) is 67.0 cm³/mol. The van der Waals surface area contributed by atoms with E-state index in [1.807, 2.05) is 0 Å². The van der Waals surface area contributed by atoms with Gasteiger partial charge in [0.15, 0.2) is 0 Å². The lowest BCUT2D eigenvalue weighted by Gasteiger charge is -2.13. The molecule has 0 radical (unpaired) electrons. The average Bonchev–Trinajstić information content (AvgIpc) is 2.87. The first kappa shape index (κ1) is 13.3. The van der Waals surface area contributed by atoms with E-state index in [1.165, 1.54) is 7.11 Å². The van der Waals surface area contributed by atoms with Crippen LogP contribution in [0, 0.1) is 5.92 Å². The van der Waals surface area contributed by atoms with Crippen LogP contribution in [0.5, 0.6) is 5.88 Å². The van der Waals surface area contributed by atoms with Crippen molar-refractivity contribution in [3.63, 3.8) is 0 Å². The van der Waals surface area contributed by atoms with Gasteiger partial charge in [0.1, 0.15) is 5.56 Å². The molecule has 2 N–H and O–H groups in total. The standard InChI is InChI=1S/C13H16N2O4/c1-19-12-10(3-2-6-14-12)11(16)15-9-5-4-8(7-9)13(17)18/h2-3,6,8-9H,4-5,7H2,1H3,(H,15,16)(H,17,18). The normalized spacial score (nSPS) is 21.9. The first-order chi connectivity index (χ1) is 9.11. The Morgan fingerprint density at radius 3 is 2.89 bits per heavy atom. The largest absolute Gasteiger partial charge is 0.481 e. The van der Waals surface area contributed by atoms with E-state index in [4.69, 9.17) is 9.84 Å². The molecule has 6 nitrogen and oxygen atoms in total. The van der Waals surface area contributed by atoms with Crippen LogP contribution in [0.4, 0.5) is 0 Å². The van der Waals surface area contributed by atoms with Gasteiger partial charge in [0.05, 0.1) is 13.0 Å². The van der Waals surface area contributed by atoms with E-state index in [0.717, 1.165) is 0 Å². The second-order valence-corrected chi connectivity index (χ2v) is 4.58. The van der Waals surface area contributed by atoms with Crippen LogP contribution in [-0.2, 0) is 4.79 Å². The highest BCUT2D eigenvalue weighted by molar-refractivity contribution is 5.96. The molecule has 2 rings (SSSR count). The number of carbonyl (C=O) groups excluding carboxylic acids is 1. The van der Waals surface area contributed by atoms with E-state index in [1.54, 1.807) is 18.3 Å². The van der Waals surface area contributed by atoms with E-state index in [-0.39, 0.29) is 23.7 Å². The van der Waals surface area contributed by atoms with Crippen molar-refractivity contribution in [1.29, 1.82) is 0 Å². The monoisotopic (exact) mass is 264 g/mol. The summed E-state index contributed by atoms with van der Waals surface area (Å²) in [5.74, 6) is -1.16. The second kappa shape index (κ2) is 5.69. The summed E-state index contributed by atoms with van der Waals surface area (Å²) in [7, 11) is 1.45. The Balaban J connectivity index is 2.00. The molecule has 0 aliphatic heterocycles. The molecule has 1 fully saturated rings. The van der Waals surface area contributed by atoms with E-state index in [9.17, 15) is 9.59 Å². The third-order valence-corrected chi connectivity index (χ3v) is 3.33. The Hall–Kier alpha value is -2.11. The lowest BCUT2D eigenvalue weighted by atomic mass is 10.1. The number of amides is 1. The second-order valence-electron chi connectivity index (χ2n) is 4.58. The molecule has 0 saturated heterocycles. The predicted octanol–water partition coefficient (Wildman–Crippen LogP) is 1.07. The van der Waals surface area contributed by atoms with Gasteiger partial charge in [0, 0.05) is 12.2 Å². The van der Waals surface area contributed by atoms with E-state index in [0.29, 0.717) is 24.8 Å². The Labute approximate surface area is 110 Å². The van der Waals surface area contributed by atoms with Crippen molar-refractivity contribution in [1.82, 2.24) is 10.3 Å². The number of carbonyl (C=O) groups is 2. The van der Waals surface area contributed by atoms with Crippen molar-refractivity contribution in [2.24, 2.45) is 5.92 Å². The van der Waals surface area contributed by atoms with Gasteiger partial charge in [-0.25, -0.2) is 4.98 Å². The number of aromatic nitrogens is 1. The number of rotatable bonds is 4. The highest BCUT2D eigenvalue weighted by Gasteiger charge is 2.31. The zero-order valence-corrected chi connectivity index (χ0v) is 10.6. The first-order valence-corrected chi connectivity index (χ1v) is 6.14. The van der Waals surface area contributed by atoms with Crippen molar-refractivity contribution in [2.45, 2.75) is 25.3 Å². The number of ether oxygens (including phenoxy) is 1. The molecular formula is C13H16N2O4. The van der Waals surface area contributed by atoms with Crippen LogP contribution in [0.15, 0.2) is 18.3 Å². The first-order valence-electron chi connectivity index (χ1n) is 6.14. The number of hydrogen-bond acceptors (Lipinski definition) is 4. The Morgan fingerprint density at radius 2 is 2.26 bits per heavy atom. The van der Waals surface area contributed by atoms with Gasteiger partial charge in [0.2, 0.25) is 5.88 Å². The number of carboxylic acids is 1. The van der Waals surface area contributed by atoms with Gasteiger partial charge in [0.25, 0.3) is 5.91 Å². The molecule has 1 aliphatic rings. The third-order valence-electron chi connectivity index (χ3n) is 3.33. The third kappa shape index (κ3) is 3.01. The molecule has 2 unspecified atom stereocenters. The number of aliphatic carboxylic acids is 1. The van der Waals surface area contributed by atoms with Crippen LogP contribution in [0.2, 0.25) is 0 Å². The molecule has 1 aromatic heterocycles. The number of nitrogens with one attached hydrogen (secondary N) is 1. The summed E-state index contributed by atoms with van der Waals surface area (Å²) in [4.78, 5) is 26.9. The van der Waals surface area contributed by atoms with E-state index < -0.39 is 5.97 Å². The zero-order chi connectivity index (χ0) is 13.8. The van der Waals surface area contributed by atoms with Crippen molar-refractivity contribution in [3.8, 4) is 5.88 Å². The van der Waals surface area contributed by atoms with Gasteiger partial charge in [-0.2, -0.15) is 0 Å². The topological polar surface area (TPSA) is 88.5 Å². The minimum absolute atomic E-state index is 0.0986. The fourth-order valence-electron chi connectivity index (χ4n) is 2.33. The number of pyridine rings is 1. The molecule has 6 heteroatoms. The summed E-state index contributed by atoms with van der Waals surface area (Å²) < 4.78 is 5.02. The van der Waals surface area contributed by atoms with Crippen molar-refractivity contribution in [3.05, 3.63) is 23.9 Å². The van der Waals surface area contributed by atoms with Crippen molar-refractivity contribution >= 4 is 11.9 Å². The fourth-order valence-corrected chi connectivity index (χ4v) is 2.33. The van der Waals surface area contributed by atoms with Crippen molar-refractivity contribution < 1.29 is 19.4 Å². The minimum Gasteiger partial charge on any atom is -0.481 e. The maximum absolute atomic E-state index is 12.1. The van der Waals surface area contributed by atoms with Gasteiger partial charge in [-0.3, -0.25) is 9.59 Å². The van der Waals surface area contributed by atoms with E-state index in [2.05, 4.69) is 10.3 Å². The zero-order valence-electron chi connectivity index (χ0n) is 10.6. The Bertz CT molecular complexity index is 489. The van der Waals surface area contributed by atoms with Crippen LogP contribution >= 0.6 is 0 Å². The van der Waals surface area contributed by atoms with Crippen LogP contribution in [0.1, 0.15) is 29.6 Å². The van der Waals surface area contributed by atoms with Gasteiger partial charge >= 0.3 is 5.97 Å². The molecule has 1 amide bonds. The van der Waals surface area contributed by atoms with E-state index >= 15 is 0 Å². The summed E-state index contributed by atoms with van der Waals surface area (Å²) >= 11 is 0. The number of methoxy groups -OCH3 is 1. The lowest BCUT2D eigenvalue weighted by molar-refractivity contribution is -0.141. The fraction of sp³-hybridized carbons (Fsp3) is 0.462.